The number of rotatable bonds is 3. The monoisotopic (exact) mass is 380 g/mol. The van der Waals surface area contributed by atoms with E-state index < -0.39 is 0 Å². The fourth-order valence-electron chi connectivity index (χ4n) is 2.54. The van der Waals surface area contributed by atoms with Gasteiger partial charge >= 0.3 is 0 Å². The van der Waals surface area contributed by atoms with E-state index >= 15 is 0 Å². The van der Waals surface area contributed by atoms with E-state index in [1.807, 2.05) is 18.2 Å². The van der Waals surface area contributed by atoms with Gasteiger partial charge in [-0.3, -0.25) is 14.5 Å². The van der Waals surface area contributed by atoms with Gasteiger partial charge in [-0.05, 0) is 36.4 Å². The molecule has 1 aliphatic heterocycles. The Morgan fingerprint density at radius 2 is 1.92 bits per heavy atom. The molecule has 1 atom stereocenters. The van der Waals surface area contributed by atoms with E-state index in [4.69, 9.17) is 23.2 Å². The summed E-state index contributed by atoms with van der Waals surface area (Å²) in [7, 11) is 0. The zero-order valence-corrected chi connectivity index (χ0v) is 15.1. The Morgan fingerprint density at radius 1 is 1.21 bits per heavy atom. The molecule has 2 amide bonds. The van der Waals surface area contributed by atoms with Crippen molar-refractivity contribution in [1.82, 2.24) is 0 Å². The molecule has 1 saturated heterocycles. The van der Waals surface area contributed by atoms with Gasteiger partial charge in [-0.1, -0.05) is 29.3 Å². The molecule has 1 fully saturated rings. The highest BCUT2D eigenvalue weighted by atomic mass is 35.5. The van der Waals surface area contributed by atoms with Gasteiger partial charge in [0.1, 0.15) is 5.37 Å². The Balaban J connectivity index is 1.92. The molecule has 2 aromatic rings. The number of nitrogens with zero attached hydrogens (tertiary/aromatic N) is 1. The lowest BCUT2D eigenvalue weighted by Gasteiger charge is -2.25. The highest BCUT2D eigenvalue weighted by Crippen LogP contribution is 2.44. The van der Waals surface area contributed by atoms with Crippen LogP contribution in [0.25, 0.3) is 0 Å². The summed E-state index contributed by atoms with van der Waals surface area (Å²) >= 11 is 13.8. The second-order valence-electron chi connectivity index (χ2n) is 5.32. The number of thioether (sulfide) groups is 1. The van der Waals surface area contributed by atoms with Crippen LogP contribution in [0.1, 0.15) is 17.9 Å². The van der Waals surface area contributed by atoms with Crippen molar-refractivity contribution in [2.75, 3.05) is 16.0 Å². The predicted molar refractivity (Wildman–Crippen MR) is 99.9 cm³/mol. The molecule has 4 nitrogen and oxygen atoms in total. The predicted octanol–water partition coefficient (Wildman–Crippen LogP) is 4.73. The third-order valence-electron chi connectivity index (χ3n) is 3.56. The van der Waals surface area contributed by atoms with Crippen LogP contribution in [0.2, 0.25) is 10.0 Å². The molecule has 1 N–H and O–H groups in total. The summed E-state index contributed by atoms with van der Waals surface area (Å²) in [6.07, 6.45) is 0. The molecule has 0 spiro atoms. The molecule has 2 aromatic carbocycles. The van der Waals surface area contributed by atoms with Crippen molar-refractivity contribution in [2.24, 2.45) is 0 Å². The molecule has 0 saturated carbocycles. The Bertz CT molecular complexity index is 796. The Morgan fingerprint density at radius 3 is 2.54 bits per heavy atom. The smallest absolute Gasteiger partial charge is 0.238 e. The van der Waals surface area contributed by atoms with Crippen LogP contribution in [0.15, 0.2) is 42.5 Å². The van der Waals surface area contributed by atoms with E-state index in [-0.39, 0.29) is 17.2 Å². The lowest BCUT2D eigenvalue weighted by Crippen LogP contribution is -2.27. The van der Waals surface area contributed by atoms with Crippen molar-refractivity contribution in [3.8, 4) is 0 Å². The molecule has 124 valence electrons. The van der Waals surface area contributed by atoms with Gasteiger partial charge in [0.2, 0.25) is 11.8 Å². The van der Waals surface area contributed by atoms with Gasteiger partial charge in [0, 0.05) is 33.9 Å². The van der Waals surface area contributed by atoms with E-state index in [9.17, 15) is 9.59 Å². The summed E-state index contributed by atoms with van der Waals surface area (Å²) in [4.78, 5) is 25.2. The van der Waals surface area contributed by atoms with Crippen molar-refractivity contribution < 1.29 is 9.59 Å². The highest BCUT2D eigenvalue weighted by molar-refractivity contribution is 8.00. The summed E-state index contributed by atoms with van der Waals surface area (Å²) in [6.45, 7) is 1.45. The number of hydrogen-bond donors (Lipinski definition) is 1. The first-order valence-electron chi connectivity index (χ1n) is 7.22. The second kappa shape index (κ2) is 7.05. The molecule has 0 unspecified atom stereocenters. The minimum Gasteiger partial charge on any atom is -0.326 e. The topological polar surface area (TPSA) is 49.4 Å². The molecule has 3 rings (SSSR count). The lowest BCUT2D eigenvalue weighted by molar-refractivity contribution is -0.116. The third kappa shape index (κ3) is 3.53. The van der Waals surface area contributed by atoms with Gasteiger partial charge in [-0.25, -0.2) is 0 Å². The van der Waals surface area contributed by atoms with Crippen LogP contribution in [0, 0.1) is 0 Å². The van der Waals surface area contributed by atoms with Crippen LogP contribution in [0.3, 0.4) is 0 Å². The van der Waals surface area contributed by atoms with Crippen LogP contribution >= 0.6 is 35.0 Å². The quantitative estimate of drug-likeness (QED) is 0.836. The zero-order valence-electron chi connectivity index (χ0n) is 12.8. The first-order chi connectivity index (χ1) is 11.5. The van der Waals surface area contributed by atoms with Crippen LogP contribution < -0.4 is 10.2 Å². The molecule has 1 aliphatic rings. The fourth-order valence-corrected chi connectivity index (χ4v) is 4.33. The molecule has 0 aliphatic carbocycles. The molecule has 0 bridgehead atoms. The van der Waals surface area contributed by atoms with Gasteiger partial charge in [0.05, 0.1) is 5.75 Å². The maximum atomic E-state index is 12.4. The second-order valence-corrected chi connectivity index (χ2v) is 7.23. The number of benzene rings is 2. The number of carbonyl (C=O) groups is 2. The summed E-state index contributed by atoms with van der Waals surface area (Å²) in [6, 6.07) is 12.5. The van der Waals surface area contributed by atoms with Crippen LogP contribution in [-0.4, -0.2) is 17.6 Å². The fraction of sp³-hybridized carbons (Fsp3) is 0.176. The van der Waals surface area contributed by atoms with Gasteiger partial charge in [0.15, 0.2) is 0 Å². The molecular weight excluding hydrogens is 367 g/mol. The normalized spacial score (nSPS) is 17.2. The number of amides is 2. The van der Waals surface area contributed by atoms with Crippen molar-refractivity contribution >= 4 is 58.2 Å². The van der Waals surface area contributed by atoms with Gasteiger partial charge < -0.3 is 5.32 Å². The zero-order chi connectivity index (χ0) is 17.3. The van der Waals surface area contributed by atoms with Gasteiger partial charge in [-0.15, -0.1) is 11.8 Å². The molecule has 1 heterocycles. The summed E-state index contributed by atoms with van der Waals surface area (Å²) in [5, 5.41) is 3.60. The average Bonchev–Trinajstić information content (AvgIpc) is 2.89. The SMILES string of the molecule is CC(=O)Nc1ccc(N2C(=O)CS[C@@H]2c2ccc(Cl)cc2Cl)cc1. The molecule has 0 aromatic heterocycles. The third-order valence-corrected chi connectivity index (χ3v) is 5.32. The maximum Gasteiger partial charge on any atom is 0.238 e. The van der Waals surface area contributed by atoms with Crippen molar-refractivity contribution in [3.05, 3.63) is 58.1 Å². The highest BCUT2D eigenvalue weighted by Gasteiger charge is 2.35. The number of halogens is 2. The average molecular weight is 381 g/mol. The Kier molecular flexibility index (Phi) is 5.04. The van der Waals surface area contributed by atoms with E-state index in [2.05, 4.69) is 5.32 Å². The van der Waals surface area contributed by atoms with E-state index in [0.717, 1.165) is 11.3 Å². The largest absolute Gasteiger partial charge is 0.326 e. The maximum absolute atomic E-state index is 12.4. The van der Waals surface area contributed by atoms with Gasteiger partial charge in [-0.2, -0.15) is 0 Å². The lowest BCUT2D eigenvalue weighted by atomic mass is 10.1. The first-order valence-corrected chi connectivity index (χ1v) is 9.02. The number of anilines is 2. The van der Waals surface area contributed by atoms with Crippen molar-refractivity contribution in [2.45, 2.75) is 12.3 Å². The van der Waals surface area contributed by atoms with Crippen molar-refractivity contribution in [1.29, 1.82) is 0 Å². The minimum atomic E-state index is -0.200. The van der Waals surface area contributed by atoms with Gasteiger partial charge in [0.25, 0.3) is 0 Å². The first kappa shape index (κ1) is 17.1. The van der Waals surface area contributed by atoms with E-state index in [1.165, 1.54) is 18.7 Å². The molecule has 7 heteroatoms. The molecule has 0 radical (unpaired) electrons. The van der Waals surface area contributed by atoms with Crippen LogP contribution in [0.4, 0.5) is 11.4 Å². The Hall–Kier alpha value is -1.69. The summed E-state index contributed by atoms with van der Waals surface area (Å²) < 4.78 is 0. The number of nitrogens with one attached hydrogen (secondary N) is 1. The molecular formula is C17H14Cl2N2O2S. The van der Waals surface area contributed by atoms with Crippen LogP contribution in [0.5, 0.6) is 0 Å². The number of carbonyl (C=O) groups excluding carboxylic acids is 2. The minimum absolute atomic E-state index is 0.0169. The van der Waals surface area contributed by atoms with E-state index in [0.29, 0.717) is 21.5 Å². The Labute approximate surface area is 154 Å². The summed E-state index contributed by atoms with van der Waals surface area (Å²) in [5.74, 6) is 0.265. The summed E-state index contributed by atoms with van der Waals surface area (Å²) in [5.41, 5.74) is 2.30. The van der Waals surface area contributed by atoms with Crippen LogP contribution in [-0.2, 0) is 9.59 Å². The van der Waals surface area contributed by atoms with Crippen molar-refractivity contribution in [3.63, 3.8) is 0 Å². The number of hydrogen-bond acceptors (Lipinski definition) is 3. The van der Waals surface area contributed by atoms with E-state index in [1.54, 1.807) is 29.2 Å². The molecule has 24 heavy (non-hydrogen) atoms. The standard InChI is InChI=1S/C17H14Cl2N2O2S/c1-10(22)20-12-3-5-13(6-4-12)21-16(23)9-24-17(21)14-7-2-11(18)8-15(14)19/h2-8,17H,9H2,1H3,(H,20,22)/t17-/m1/s1.